The molecule has 0 saturated carbocycles. The molecule has 0 unspecified atom stereocenters. The lowest BCUT2D eigenvalue weighted by molar-refractivity contribution is -0.127. The van der Waals surface area contributed by atoms with Crippen molar-refractivity contribution in [1.82, 2.24) is 24.6 Å². The smallest absolute Gasteiger partial charge is 0.406 e. The Hall–Kier alpha value is -3.25. The second kappa shape index (κ2) is 8.12. The molecule has 0 radical (unpaired) electrons. The molecule has 0 aliphatic carbocycles. The fourth-order valence-corrected chi connectivity index (χ4v) is 3.69. The summed E-state index contributed by atoms with van der Waals surface area (Å²) in [6.07, 6.45) is -2.65. The van der Waals surface area contributed by atoms with Gasteiger partial charge in [0.1, 0.15) is 5.15 Å². The number of aryl methyl sites for hydroxylation is 1. The normalized spacial score (nSPS) is 11.6. The van der Waals surface area contributed by atoms with Crippen LogP contribution in [0.5, 0.6) is 5.75 Å². The second-order valence-corrected chi connectivity index (χ2v) is 7.56. The van der Waals surface area contributed by atoms with Crippen LogP contribution in [0.4, 0.5) is 18.0 Å². The van der Waals surface area contributed by atoms with Crippen molar-refractivity contribution in [2.24, 2.45) is 0 Å². The number of ether oxygens (including phenoxy) is 1. The number of halogens is 4. The highest BCUT2D eigenvalue weighted by Gasteiger charge is 2.30. The molecule has 13 heteroatoms. The van der Waals surface area contributed by atoms with Gasteiger partial charge in [0, 0.05) is 23.2 Å². The number of nitrogens with one attached hydrogen (secondary N) is 1. The number of carbonyl (C=O) groups is 1. The zero-order valence-electron chi connectivity index (χ0n) is 15.6. The van der Waals surface area contributed by atoms with Crippen LogP contribution < -0.4 is 10.2 Å². The third kappa shape index (κ3) is 4.75. The van der Waals surface area contributed by atoms with Crippen LogP contribution in [0.2, 0.25) is 5.15 Å². The van der Waals surface area contributed by atoms with Gasteiger partial charge in [0.25, 0.3) is 0 Å². The van der Waals surface area contributed by atoms with Gasteiger partial charge in [-0.15, -0.1) is 11.3 Å². The number of rotatable bonds is 4. The Morgan fingerprint density at radius 2 is 2.13 bits per heavy atom. The fraction of sp³-hybridized carbons (Fsp3) is 0.167. The van der Waals surface area contributed by atoms with E-state index in [0.29, 0.717) is 21.7 Å². The van der Waals surface area contributed by atoms with Crippen LogP contribution in [0.15, 0.2) is 36.1 Å². The van der Waals surface area contributed by atoms with Gasteiger partial charge in [-0.2, -0.15) is 13.2 Å². The molecule has 4 aromatic rings. The molecule has 160 valence electrons. The van der Waals surface area contributed by atoms with Crippen molar-refractivity contribution >= 4 is 40.1 Å². The summed E-state index contributed by atoms with van der Waals surface area (Å²) in [7, 11) is 0. The van der Waals surface area contributed by atoms with Crippen molar-refractivity contribution in [2.75, 3.05) is 5.43 Å². The van der Waals surface area contributed by atoms with Crippen LogP contribution >= 0.6 is 22.9 Å². The second-order valence-electron chi connectivity index (χ2n) is 6.31. The zero-order chi connectivity index (χ0) is 22.2. The van der Waals surface area contributed by atoms with Gasteiger partial charge >= 0.3 is 12.3 Å². The third-order valence-electron chi connectivity index (χ3n) is 4.05. The zero-order valence-corrected chi connectivity index (χ0v) is 17.2. The first-order valence-electron chi connectivity index (χ1n) is 8.65. The molecule has 4 rings (SSSR count). The SMILES string of the molecule is Cc1nc(-c2nc(Cl)cs2)ncc1OC(=O)Nn1cc(CC(F)(F)F)c2cccnc21. The summed E-state index contributed by atoms with van der Waals surface area (Å²) in [5, 5.41) is 2.73. The molecule has 4 aromatic heterocycles. The Bertz CT molecular complexity index is 1270. The third-order valence-corrected chi connectivity index (χ3v) is 5.21. The average Bonchev–Trinajstić information content (AvgIpc) is 3.27. The molecule has 0 atom stereocenters. The summed E-state index contributed by atoms with van der Waals surface area (Å²) >= 11 is 7.06. The minimum absolute atomic E-state index is 0.0260. The lowest BCUT2D eigenvalue weighted by atomic mass is 10.1. The van der Waals surface area contributed by atoms with E-state index in [1.807, 2.05) is 0 Å². The number of amides is 1. The van der Waals surface area contributed by atoms with E-state index < -0.39 is 18.7 Å². The van der Waals surface area contributed by atoms with Gasteiger partial charge in [-0.05, 0) is 24.6 Å². The molecular formula is C18H12ClF3N6O2S. The Morgan fingerprint density at radius 1 is 1.32 bits per heavy atom. The summed E-state index contributed by atoms with van der Waals surface area (Å²) in [5.74, 6) is 0.392. The summed E-state index contributed by atoms with van der Waals surface area (Å²) in [4.78, 5) is 28.8. The maximum absolute atomic E-state index is 12.9. The van der Waals surface area contributed by atoms with Gasteiger partial charge in [0.15, 0.2) is 22.2 Å². The highest BCUT2D eigenvalue weighted by atomic mass is 35.5. The minimum Gasteiger partial charge on any atom is -0.406 e. The Balaban J connectivity index is 1.53. The van der Waals surface area contributed by atoms with Gasteiger partial charge in [0.2, 0.25) is 0 Å². The first kappa shape index (κ1) is 21.0. The first-order valence-corrected chi connectivity index (χ1v) is 9.91. The summed E-state index contributed by atoms with van der Waals surface area (Å²) in [6, 6.07) is 3.01. The molecule has 0 aliphatic heterocycles. The van der Waals surface area contributed by atoms with Crippen LogP contribution in [-0.4, -0.2) is 36.9 Å². The van der Waals surface area contributed by atoms with Gasteiger partial charge in [0.05, 0.1) is 18.3 Å². The number of hydrogen-bond acceptors (Lipinski definition) is 7. The highest BCUT2D eigenvalue weighted by molar-refractivity contribution is 7.13. The molecule has 31 heavy (non-hydrogen) atoms. The Morgan fingerprint density at radius 3 is 2.81 bits per heavy atom. The molecule has 0 fully saturated rings. The number of fused-ring (bicyclic) bond motifs is 1. The van der Waals surface area contributed by atoms with Crippen LogP contribution in [0.3, 0.4) is 0 Å². The standard InChI is InChI=1S/C18H12ClF3N6O2S/c1-9-12(6-24-14(25-9)16-26-13(19)8-31-16)30-17(29)27-28-7-10(5-18(20,21)22)11-3-2-4-23-15(11)28/h2-4,6-8H,5H2,1H3,(H,27,29). The maximum atomic E-state index is 12.9. The minimum atomic E-state index is -4.41. The highest BCUT2D eigenvalue weighted by Crippen LogP contribution is 2.28. The van der Waals surface area contributed by atoms with E-state index in [2.05, 4.69) is 25.4 Å². The van der Waals surface area contributed by atoms with Crippen molar-refractivity contribution in [1.29, 1.82) is 0 Å². The molecular weight excluding hydrogens is 457 g/mol. The van der Waals surface area contributed by atoms with Crippen molar-refractivity contribution < 1.29 is 22.7 Å². The van der Waals surface area contributed by atoms with E-state index >= 15 is 0 Å². The lowest BCUT2D eigenvalue weighted by Gasteiger charge is -2.09. The Kier molecular flexibility index (Phi) is 5.50. The number of hydrogen-bond donors (Lipinski definition) is 1. The monoisotopic (exact) mass is 468 g/mol. The predicted octanol–water partition coefficient (Wildman–Crippen LogP) is 4.76. The van der Waals surface area contributed by atoms with Gasteiger partial charge < -0.3 is 4.74 Å². The molecule has 1 amide bonds. The molecule has 4 heterocycles. The number of carbonyl (C=O) groups excluding carboxylic acids is 1. The molecule has 8 nitrogen and oxygen atoms in total. The molecule has 0 saturated heterocycles. The largest absolute Gasteiger partial charge is 0.432 e. The summed E-state index contributed by atoms with van der Waals surface area (Å²) in [5.41, 5.74) is 2.85. The van der Waals surface area contributed by atoms with E-state index in [1.165, 1.54) is 35.9 Å². The summed E-state index contributed by atoms with van der Waals surface area (Å²) in [6.45, 7) is 1.61. The molecule has 0 aromatic carbocycles. The molecule has 1 N–H and O–H groups in total. The molecule has 0 spiro atoms. The topological polar surface area (TPSA) is 94.8 Å². The maximum Gasteiger partial charge on any atom is 0.432 e. The first-order chi connectivity index (χ1) is 14.7. The number of aromatic nitrogens is 5. The van der Waals surface area contributed by atoms with E-state index in [-0.39, 0.29) is 22.3 Å². The van der Waals surface area contributed by atoms with Crippen molar-refractivity contribution in [2.45, 2.75) is 19.5 Å². The average molecular weight is 469 g/mol. The van der Waals surface area contributed by atoms with E-state index in [1.54, 1.807) is 12.3 Å². The molecule has 0 aliphatic rings. The van der Waals surface area contributed by atoms with Crippen LogP contribution in [-0.2, 0) is 6.42 Å². The lowest BCUT2D eigenvalue weighted by Crippen LogP contribution is -2.26. The number of pyridine rings is 1. The Labute approximate surface area is 181 Å². The quantitative estimate of drug-likeness (QED) is 0.464. The van der Waals surface area contributed by atoms with E-state index in [4.69, 9.17) is 16.3 Å². The van der Waals surface area contributed by atoms with Gasteiger partial charge in [-0.1, -0.05) is 11.6 Å². The van der Waals surface area contributed by atoms with Crippen LogP contribution in [0.25, 0.3) is 21.9 Å². The van der Waals surface area contributed by atoms with Crippen molar-refractivity contribution in [3.8, 4) is 16.6 Å². The summed E-state index contributed by atoms with van der Waals surface area (Å²) < 4.78 is 44.9. The number of alkyl halides is 3. The van der Waals surface area contributed by atoms with Gasteiger partial charge in [-0.3, -0.25) is 0 Å². The van der Waals surface area contributed by atoms with Crippen molar-refractivity contribution in [3.63, 3.8) is 0 Å². The van der Waals surface area contributed by atoms with E-state index in [0.717, 1.165) is 10.9 Å². The number of nitrogens with zero attached hydrogens (tertiary/aromatic N) is 5. The fourth-order valence-electron chi connectivity index (χ4n) is 2.81. The number of thiazole rings is 1. The predicted molar refractivity (Wildman–Crippen MR) is 108 cm³/mol. The van der Waals surface area contributed by atoms with Crippen molar-refractivity contribution in [3.05, 3.63) is 52.5 Å². The van der Waals surface area contributed by atoms with Crippen LogP contribution in [0, 0.1) is 6.92 Å². The molecule has 0 bridgehead atoms. The van der Waals surface area contributed by atoms with Crippen LogP contribution in [0.1, 0.15) is 11.3 Å². The van der Waals surface area contributed by atoms with Gasteiger partial charge in [-0.25, -0.2) is 34.8 Å². The van der Waals surface area contributed by atoms with E-state index in [9.17, 15) is 18.0 Å².